The topological polar surface area (TPSA) is 26.3 Å². The van der Waals surface area contributed by atoms with Crippen molar-refractivity contribution >= 4 is 33.6 Å². The van der Waals surface area contributed by atoms with Crippen molar-refractivity contribution in [1.29, 1.82) is 0 Å². The van der Waals surface area contributed by atoms with Crippen LogP contribution in [-0.2, 0) is 0 Å². The number of carbonyl (C=O) groups excluding carboxylic acids is 1. The second-order valence-corrected chi connectivity index (χ2v) is 7.79. The molecule has 2 rings (SSSR count). The number of hydrogen-bond acceptors (Lipinski definition) is 3. The van der Waals surface area contributed by atoms with Gasteiger partial charge in [-0.1, -0.05) is 0 Å². The number of ether oxygens (including phenoxy) is 1. The average molecular weight is 337 g/mol. The van der Waals surface area contributed by atoms with Crippen molar-refractivity contribution < 1.29 is 9.53 Å². The van der Waals surface area contributed by atoms with E-state index in [1.54, 1.807) is 19.2 Å². The van der Waals surface area contributed by atoms with Crippen LogP contribution in [0.15, 0.2) is 48.5 Å². The summed E-state index contributed by atoms with van der Waals surface area (Å²) in [5.74, 6) is 0.769. The van der Waals surface area contributed by atoms with Crippen LogP contribution >= 0.6 is 10.2 Å². The number of benzene rings is 2. The molecule has 2 nitrogen and oxygen atoms in total. The Kier molecular flexibility index (Phi) is 5.08. The molecule has 0 N–H and O–H groups in total. The number of hydrogen-bond donors (Lipinski definition) is 0. The summed E-state index contributed by atoms with van der Waals surface area (Å²) in [7, 11) is 3.00. The van der Waals surface area contributed by atoms with Gasteiger partial charge in [0, 0.05) is 0 Å². The van der Waals surface area contributed by atoms with Gasteiger partial charge < -0.3 is 0 Å². The van der Waals surface area contributed by atoms with Crippen LogP contribution in [0.1, 0.15) is 15.9 Å². The van der Waals surface area contributed by atoms with E-state index in [0.29, 0.717) is 0 Å². The average Bonchev–Trinajstić information content (AvgIpc) is 2.46. The van der Waals surface area contributed by atoms with E-state index in [1.807, 2.05) is 12.1 Å². The Morgan fingerprint density at radius 2 is 1.68 bits per heavy atom. The maximum absolute atomic E-state index is 12.0. The van der Waals surface area contributed by atoms with Crippen LogP contribution in [-0.4, -0.2) is 26.1 Å². The first kappa shape index (κ1) is 14.2. The van der Waals surface area contributed by atoms with E-state index in [9.17, 15) is 4.79 Å². The fraction of sp³-hybridized carbons (Fsp3) is 0.133. The van der Waals surface area contributed by atoms with E-state index in [4.69, 9.17) is 4.74 Å². The number of aryl methyl sites for hydroxylation is 1. The summed E-state index contributed by atoms with van der Waals surface area (Å²) in [6.07, 6.45) is 0. The molecule has 0 aliphatic carbocycles. The second-order valence-electron chi connectivity index (χ2n) is 4.00. The molecule has 2 aromatic carbocycles. The Morgan fingerprint density at radius 3 is 2.26 bits per heavy atom. The summed E-state index contributed by atoms with van der Waals surface area (Å²) in [5, 5.41) is 0.114. The molecule has 0 unspecified atom stereocenters. The predicted molar refractivity (Wildman–Crippen MR) is 81.5 cm³/mol. The number of methoxy groups -OCH3 is 1. The minimum atomic E-state index is 0.114. The van der Waals surface area contributed by atoms with Crippen molar-refractivity contribution in [2.45, 2.75) is 6.92 Å². The second kappa shape index (κ2) is 6.80. The molecule has 98 valence electrons. The zero-order valence-electron chi connectivity index (χ0n) is 10.8. The van der Waals surface area contributed by atoms with Crippen LogP contribution in [0.5, 0.6) is 5.75 Å². The molecule has 0 aliphatic rings. The first-order chi connectivity index (χ1) is 9.19. The SMILES string of the molecule is COc1ccc(C(=O)S[Se]c2ccc(C)cc2)cc1. The van der Waals surface area contributed by atoms with Crippen LogP contribution in [0.2, 0.25) is 0 Å². The standard InChI is InChI=1S/C15H14O2SSe/c1-11-3-9-14(10-4-11)19-18-15(16)12-5-7-13(17-2)8-6-12/h3-10H,1-2H3. The summed E-state index contributed by atoms with van der Waals surface area (Å²) in [5.41, 5.74) is 1.96. The van der Waals surface area contributed by atoms with Gasteiger partial charge in [0.15, 0.2) is 0 Å². The first-order valence-electron chi connectivity index (χ1n) is 5.78. The molecule has 0 aliphatic heterocycles. The molecule has 4 heteroatoms. The molecule has 0 amide bonds. The summed E-state index contributed by atoms with van der Waals surface area (Å²) in [6.45, 7) is 2.06. The first-order valence-corrected chi connectivity index (χ1v) is 9.48. The summed E-state index contributed by atoms with van der Waals surface area (Å²) >= 11 is 0.116. The van der Waals surface area contributed by atoms with Crippen LogP contribution in [0.4, 0.5) is 0 Å². The Balaban J connectivity index is 1.95. The van der Waals surface area contributed by atoms with Gasteiger partial charge in [-0.2, -0.15) is 0 Å². The van der Waals surface area contributed by atoms with E-state index in [1.165, 1.54) is 20.2 Å². The zero-order chi connectivity index (χ0) is 13.7. The third kappa shape index (κ3) is 4.13. The Hall–Kier alpha value is -1.22. The Labute approximate surface area is 122 Å². The van der Waals surface area contributed by atoms with Crippen molar-refractivity contribution in [2.75, 3.05) is 7.11 Å². The molecule has 0 saturated carbocycles. The molecule has 19 heavy (non-hydrogen) atoms. The van der Waals surface area contributed by atoms with Gasteiger partial charge in [0.2, 0.25) is 0 Å². The molecule has 0 atom stereocenters. The number of carbonyl (C=O) groups is 1. The third-order valence-electron chi connectivity index (χ3n) is 2.56. The van der Waals surface area contributed by atoms with Gasteiger partial charge in [-0.05, 0) is 0 Å². The molecular formula is C15H14O2SSe. The fourth-order valence-corrected chi connectivity index (χ4v) is 4.64. The van der Waals surface area contributed by atoms with Crippen LogP contribution in [0.3, 0.4) is 0 Å². The maximum atomic E-state index is 12.0. The third-order valence-corrected chi connectivity index (χ3v) is 6.48. The monoisotopic (exact) mass is 338 g/mol. The van der Waals surface area contributed by atoms with Gasteiger partial charge in [-0.25, -0.2) is 0 Å². The molecule has 0 bridgehead atoms. The van der Waals surface area contributed by atoms with Gasteiger partial charge in [0.25, 0.3) is 0 Å². The normalized spacial score (nSPS) is 10.2. The molecule has 0 spiro atoms. The van der Waals surface area contributed by atoms with Gasteiger partial charge in [-0.15, -0.1) is 0 Å². The van der Waals surface area contributed by atoms with Crippen molar-refractivity contribution in [3.8, 4) is 5.75 Å². The Morgan fingerprint density at radius 1 is 1.05 bits per heavy atom. The van der Waals surface area contributed by atoms with E-state index in [2.05, 4.69) is 31.2 Å². The molecule has 0 radical (unpaired) electrons. The van der Waals surface area contributed by atoms with Crippen molar-refractivity contribution in [1.82, 2.24) is 0 Å². The van der Waals surface area contributed by atoms with Crippen LogP contribution in [0, 0.1) is 6.92 Å². The van der Waals surface area contributed by atoms with Crippen LogP contribution in [0.25, 0.3) is 0 Å². The van der Waals surface area contributed by atoms with Crippen molar-refractivity contribution in [3.63, 3.8) is 0 Å². The summed E-state index contributed by atoms with van der Waals surface area (Å²) in [6, 6.07) is 15.6. The molecule has 0 aromatic heterocycles. The van der Waals surface area contributed by atoms with Gasteiger partial charge in [-0.3, -0.25) is 0 Å². The minimum absolute atomic E-state index is 0.114. The van der Waals surface area contributed by atoms with E-state index >= 15 is 0 Å². The molecule has 2 aromatic rings. The predicted octanol–water partition coefficient (Wildman–Crippen LogP) is 2.82. The van der Waals surface area contributed by atoms with Gasteiger partial charge >= 0.3 is 123 Å². The molecule has 0 saturated heterocycles. The zero-order valence-corrected chi connectivity index (χ0v) is 13.3. The fourth-order valence-electron chi connectivity index (χ4n) is 1.45. The van der Waals surface area contributed by atoms with E-state index in [-0.39, 0.29) is 19.0 Å². The molecule has 0 fully saturated rings. The van der Waals surface area contributed by atoms with E-state index in [0.717, 1.165) is 11.3 Å². The summed E-state index contributed by atoms with van der Waals surface area (Å²) < 4.78 is 6.30. The van der Waals surface area contributed by atoms with Crippen LogP contribution < -0.4 is 9.20 Å². The quantitative estimate of drug-likeness (QED) is 0.803. The molecular weight excluding hydrogens is 323 g/mol. The molecule has 0 heterocycles. The van der Waals surface area contributed by atoms with E-state index < -0.39 is 0 Å². The van der Waals surface area contributed by atoms with Gasteiger partial charge in [0.1, 0.15) is 0 Å². The van der Waals surface area contributed by atoms with Crippen molar-refractivity contribution in [3.05, 3.63) is 59.7 Å². The Bertz CT molecular complexity index is 549. The summed E-state index contributed by atoms with van der Waals surface area (Å²) in [4.78, 5) is 12.0. The van der Waals surface area contributed by atoms with Gasteiger partial charge in [0.05, 0.1) is 0 Å². The van der Waals surface area contributed by atoms with Crippen molar-refractivity contribution in [2.24, 2.45) is 0 Å². The number of rotatable bonds is 4.